The SMILES string of the molecule is CCN(CC)S(=O)(=O)c1ccc(CCNC(=O)c2ccc(CN)cc2)s1.Cl. The quantitative estimate of drug-likeness (QED) is 0.638. The molecule has 1 aromatic carbocycles. The highest BCUT2D eigenvalue weighted by Gasteiger charge is 2.23. The molecule has 0 radical (unpaired) electrons. The van der Waals surface area contributed by atoms with E-state index in [-0.39, 0.29) is 18.3 Å². The molecule has 0 fully saturated rings. The Balaban J connectivity index is 0.00000364. The maximum Gasteiger partial charge on any atom is 0.252 e. The summed E-state index contributed by atoms with van der Waals surface area (Å²) < 4.78 is 26.8. The van der Waals surface area contributed by atoms with Gasteiger partial charge in [-0.25, -0.2) is 8.42 Å². The van der Waals surface area contributed by atoms with E-state index in [9.17, 15) is 13.2 Å². The average Bonchev–Trinajstić information content (AvgIpc) is 3.12. The number of nitrogens with zero attached hydrogens (tertiary/aromatic N) is 1. The van der Waals surface area contributed by atoms with E-state index in [1.807, 2.05) is 32.0 Å². The lowest BCUT2D eigenvalue weighted by atomic mass is 10.1. The predicted molar refractivity (Wildman–Crippen MR) is 112 cm³/mol. The van der Waals surface area contributed by atoms with Crippen molar-refractivity contribution in [3.8, 4) is 0 Å². The second-order valence-electron chi connectivity index (χ2n) is 5.72. The minimum Gasteiger partial charge on any atom is -0.352 e. The lowest BCUT2D eigenvalue weighted by Gasteiger charge is -2.16. The first-order chi connectivity index (χ1) is 12.4. The van der Waals surface area contributed by atoms with Crippen LogP contribution in [0.2, 0.25) is 0 Å². The molecule has 2 aromatic rings. The average molecular weight is 432 g/mol. The van der Waals surface area contributed by atoms with Crippen LogP contribution in [0.1, 0.15) is 34.6 Å². The van der Waals surface area contributed by atoms with Crippen molar-refractivity contribution in [3.05, 3.63) is 52.4 Å². The van der Waals surface area contributed by atoms with Gasteiger partial charge in [0, 0.05) is 36.6 Å². The Bertz CT molecular complexity index is 832. The number of nitrogens with one attached hydrogen (secondary N) is 1. The predicted octanol–water partition coefficient (Wildman–Crippen LogP) is 2.63. The standard InChI is InChI=1S/C18H25N3O3S2.ClH/c1-3-21(4-2)26(23,24)17-10-9-16(25-17)11-12-20-18(22)15-7-5-14(13-19)6-8-15;/h5-10H,3-4,11-13,19H2,1-2H3,(H,20,22);1H. The van der Waals surface area contributed by atoms with Crippen LogP contribution in [0, 0.1) is 0 Å². The molecule has 3 N–H and O–H groups in total. The molecular weight excluding hydrogens is 406 g/mol. The minimum atomic E-state index is -3.42. The summed E-state index contributed by atoms with van der Waals surface area (Å²) in [6, 6.07) is 10.6. The second-order valence-corrected chi connectivity index (χ2v) is 9.05. The summed E-state index contributed by atoms with van der Waals surface area (Å²) in [6.07, 6.45) is 0.588. The van der Waals surface area contributed by atoms with Crippen molar-refractivity contribution in [1.82, 2.24) is 9.62 Å². The molecule has 0 saturated heterocycles. The maximum absolute atomic E-state index is 12.5. The highest BCUT2D eigenvalue weighted by Crippen LogP contribution is 2.25. The van der Waals surface area contributed by atoms with E-state index in [0.29, 0.717) is 42.4 Å². The number of sulfonamides is 1. The molecule has 0 bridgehead atoms. The first kappa shape index (κ1) is 23.6. The Hall–Kier alpha value is -1.45. The van der Waals surface area contributed by atoms with Gasteiger partial charge >= 0.3 is 0 Å². The van der Waals surface area contributed by atoms with Crippen molar-refractivity contribution in [1.29, 1.82) is 0 Å². The van der Waals surface area contributed by atoms with Crippen LogP contribution >= 0.6 is 23.7 Å². The molecule has 0 spiro atoms. The molecule has 9 heteroatoms. The van der Waals surface area contributed by atoms with Crippen molar-refractivity contribution < 1.29 is 13.2 Å². The zero-order chi connectivity index (χ0) is 19.2. The maximum atomic E-state index is 12.5. The summed E-state index contributed by atoms with van der Waals surface area (Å²) in [6.45, 7) is 5.44. The number of carbonyl (C=O) groups is 1. The van der Waals surface area contributed by atoms with Crippen molar-refractivity contribution in [2.45, 2.75) is 31.0 Å². The third kappa shape index (κ3) is 6.02. The number of carbonyl (C=O) groups excluding carboxylic acids is 1. The number of halogens is 1. The molecule has 27 heavy (non-hydrogen) atoms. The van der Waals surface area contributed by atoms with Gasteiger partial charge in [0.1, 0.15) is 4.21 Å². The Morgan fingerprint density at radius 3 is 2.30 bits per heavy atom. The molecule has 2 rings (SSSR count). The van der Waals surface area contributed by atoms with E-state index in [4.69, 9.17) is 5.73 Å². The largest absolute Gasteiger partial charge is 0.352 e. The fourth-order valence-electron chi connectivity index (χ4n) is 2.52. The van der Waals surface area contributed by atoms with E-state index < -0.39 is 10.0 Å². The van der Waals surface area contributed by atoms with Gasteiger partial charge in [0.2, 0.25) is 0 Å². The van der Waals surface area contributed by atoms with Gasteiger partial charge in [0.15, 0.2) is 0 Å². The van der Waals surface area contributed by atoms with E-state index in [2.05, 4.69) is 5.32 Å². The highest BCUT2D eigenvalue weighted by atomic mass is 35.5. The molecule has 6 nitrogen and oxygen atoms in total. The fraction of sp³-hybridized carbons (Fsp3) is 0.389. The summed E-state index contributed by atoms with van der Waals surface area (Å²) >= 11 is 1.26. The van der Waals surface area contributed by atoms with Crippen LogP contribution in [-0.4, -0.2) is 38.3 Å². The van der Waals surface area contributed by atoms with E-state index in [0.717, 1.165) is 10.4 Å². The third-order valence-corrected chi connectivity index (χ3v) is 7.71. The molecule has 0 aliphatic rings. The molecule has 0 saturated carbocycles. The summed E-state index contributed by atoms with van der Waals surface area (Å²) in [5, 5.41) is 2.85. The molecule has 0 atom stereocenters. The van der Waals surface area contributed by atoms with Crippen LogP contribution in [0.25, 0.3) is 0 Å². The van der Waals surface area contributed by atoms with Gasteiger partial charge < -0.3 is 11.1 Å². The van der Waals surface area contributed by atoms with Crippen LogP contribution in [-0.2, 0) is 23.0 Å². The smallest absolute Gasteiger partial charge is 0.252 e. The molecule has 0 unspecified atom stereocenters. The third-order valence-electron chi connectivity index (χ3n) is 4.05. The summed E-state index contributed by atoms with van der Waals surface area (Å²) in [5.74, 6) is -0.152. The zero-order valence-corrected chi connectivity index (χ0v) is 17.9. The first-order valence-electron chi connectivity index (χ1n) is 8.58. The molecule has 1 heterocycles. The summed E-state index contributed by atoms with van der Waals surface area (Å²) in [7, 11) is -3.42. The van der Waals surface area contributed by atoms with Gasteiger partial charge in [-0.2, -0.15) is 4.31 Å². The lowest BCUT2D eigenvalue weighted by Crippen LogP contribution is -2.29. The van der Waals surface area contributed by atoms with Gasteiger partial charge in [-0.15, -0.1) is 23.7 Å². The Morgan fingerprint density at radius 2 is 1.74 bits per heavy atom. The topological polar surface area (TPSA) is 92.5 Å². The molecular formula is C18H26ClN3O3S2. The molecule has 150 valence electrons. The molecule has 1 aromatic heterocycles. The van der Waals surface area contributed by atoms with Crippen molar-refractivity contribution >= 4 is 39.7 Å². The second kappa shape index (κ2) is 10.8. The lowest BCUT2D eigenvalue weighted by molar-refractivity contribution is 0.0954. The van der Waals surface area contributed by atoms with Crippen LogP contribution in [0.5, 0.6) is 0 Å². The minimum absolute atomic E-state index is 0. The van der Waals surface area contributed by atoms with E-state index in [1.54, 1.807) is 18.2 Å². The van der Waals surface area contributed by atoms with Gasteiger partial charge in [-0.3, -0.25) is 4.79 Å². The summed E-state index contributed by atoms with van der Waals surface area (Å²) in [4.78, 5) is 13.0. The van der Waals surface area contributed by atoms with Crippen molar-refractivity contribution in [3.63, 3.8) is 0 Å². The van der Waals surface area contributed by atoms with Crippen molar-refractivity contribution in [2.75, 3.05) is 19.6 Å². The first-order valence-corrected chi connectivity index (χ1v) is 10.8. The number of hydrogen-bond acceptors (Lipinski definition) is 5. The zero-order valence-electron chi connectivity index (χ0n) is 15.5. The van der Waals surface area contributed by atoms with E-state index in [1.165, 1.54) is 15.6 Å². The summed E-state index contributed by atoms with van der Waals surface area (Å²) in [5.41, 5.74) is 7.10. The number of hydrogen-bond donors (Lipinski definition) is 2. The fourth-order valence-corrected chi connectivity index (χ4v) is 5.48. The van der Waals surface area contributed by atoms with Gasteiger partial charge in [0.05, 0.1) is 0 Å². The van der Waals surface area contributed by atoms with Gasteiger partial charge in [-0.05, 0) is 36.2 Å². The van der Waals surface area contributed by atoms with Gasteiger partial charge in [0.25, 0.3) is 15.9 Å². The molecule has 0 aliphatic carbocycles. The number of thiophene rings is 1. The number of nitrogens with two attached hydrogens (primary N) is 1. The number of amides is 1. The normalized spacial score (nSPS) is 11.3. The Morgan fingerprint density at radius 1 is 1.11 bits per heavy atom. The number of benzene rings is 1. The monoisotopic (exact) mass is 431 g/mol. The Kier molecular flexibility index (Phi) is 9.41. The number of rotatable bonds is 9. The van der Waals surface area contributed by atoms with Crippen molar-refractivity contribution in [2.24, 2.45) is 5.73 Å². The van der Waals surface area contributed by atoms with Crippen LogP contribution < -0.4 is 11.1 Å². The van der Waals surface area contributed by atoms with Crippen LogP contribution in [0.3, 0.4) is 0 Å². The highest BCUT2D eigenvalue weighted by molar-refractivity contribution is 7.91. The molecule has 0 aliphatic heterocycles. The van der Waals surface area contributed by atoms with E-state index >= 15 is 0 Å². The van der Waals surface area contributed by atoms with Gasteiger partial charge in [-0.1, -0.05) is 26.0 Å². The molecule has 1 amide bonds. The Labute approximate surface area is 171 Å². The van der Waals surface area contributed by atoms with Crippen LogP contribution in [0.15, 0.2) is 40.6 Å². The van der Waals surface area contributed by atoms with Crippen LogP contribution in [0.4, 0.5) is 0 Å².